The van der Waals surface area contributed by atoms with Gasteiger partial charge in [-0.15, -0.1) is 0 Å². The average molecular weight is 293 g/mol. The second kappa shape index (κ2) is 9.13. The van der Waals surface area contributed by atoms with Crippen molar-refractivity contribution in [1.29, 1.82) is 0 Å². The molecular formula is C16H23NO4. The van der Waals surface area contributed by atoms with Gasteiger partial charge in [-0.1, -0.05) is 37.3 Å². The van der Waals surface area contributed by atoms with Crippen LogP contribution in [0.15, 0.2) is 30.3 Å². The van der Waals surface area contributed by atoms with Gasteiger partial charge in [0.1, 0.15) is 0 Å². The number of hydrogen-bond acceptors (Lipinski definition) is 4. The number of carbonyl (C=O) groups is 2. The van der Waals surface area contributed by atoms with Crippen molar-refractivity contribution < 1.29 is 19.4 Å². The van der Waals surface area contributed by atoms with Crippen molar-refractivity contribution in [2.45, 2.75) is 51.8 Å². The molecule has 0 aliphatic rings. The van der Waals surface area contributed by atoms with Crippen molar-refractivity contribution in [3.63, 3.8) is 0 Å². The van der Waals surface area contributed by atoms with Gasteiger partial charge in [0.2, 0.25) is 0 Å². The number of esters is 1. The Morgan fingerprint density at radius 1 is 1.24 bits per heavy atom. The van der Waals surface area contributed by atoms with Gasteiger partial charge in [-0.05, 0) is 18.9 Å². The van der Waals surface area contributed by atoms with E-state index >= 15 is 0 Å². The predicted octanol–water partition coefficient (Wildman–Crippen LogP) is 2.35. The predicted molar refractivity (Wildman–Crippen MR) is 79.8 cm³/mol. The maximum absolute atomic E-state index is 11.8. The molecule has 0 aliphatic heterocycles. The highest BCUT2D eigenvalue weighted by molar-refractivity contribution is 5.73. The zero-order chi connectivity index (χ0) is 15.7. The fourth-order valence-electron chi connectivity index (χ4n) is 1.84. The van der Waals surface area contributed by atoms with Crippen LogP contribution in [-0.2, 0) is 20.9 Å². The molecule has 2 atom stereocenters. The summed E-state index contributed by atoms with van der Waals surface area (Å²) in [7, 11) is 0. The lowest BCUT2D eigenvalue weighted by Crippen LogP contribution is -2.34. The monoisotopic (exact) mass is 293 g/mol. The number of rotatable bonds is 9. The molecule has 5 nitrogen and oxygen atoms in total. The van der Waals surface area contributed by atoms with E-state index in [0.717, 1.165) is 12.0 Å². The maximum Gasteiger partial charge on any atom is 0.307 e. The Labute approximate surface area is 125 Å². The molecule has 0 radical (unpaired) electrons. The molecule has 5 heteroatoms. The molecule has 1 aromatic carbocycles. The van der Waals surface area contributed by atoms with E-state index in [9.17, 15) is 9.59 Å². The highest BCUT2D eigenvalue weighted by Crippen LogP contribution is 2.06. The van der Waals surface area contributed by atoms with E-state index in [4.69, 9.17) is 9.84 Å². The number of benzene rings is 1. The van der Waals surface area contributed by atoms with Gasteiger partial charge in [-0.25, -0.2) is 0 Å². The quantitative estimate of drug-likeness (QED) is 0.684. The van der Waals surface area contributed by atoms with Gasteiger partial charge in [0.15, 0.2) is 0 Å². The molecule has 1 rings (SSSR count). The molecule has 0 amide bonds. The first-order valence-electron chi connectivity index (χ1n) is 7.19. The Kier molecular flexibility index (Phi) is 7.46. The van der Waals surface area contributed by atoms with Crippen molar-refractivity contribution in [1.82, 2.24) is 5.32 Å². The summed E-state index contributed by atoms with van der Waals surface area (Å²) in [6, 6.07) is 9.21. The van der Waals surface area contributed by atoms with Gasteiger partial charge in [0, 0.05) is 12.6 Å². The number of ether oxygens (including phenoxy) is 1. The average Bonchev–Trinajstić information content (AvgIpc) is 2.45. The first-order valence-corrected chi connectivity index (χ1v) is 7.19. The second-order valence-electron chi connectivity index (χ2n) is 5.07. The fourth-order valence-corrected chi connectivity index (χ4v) is 1.84. The standard InChI is InChI=1S/C16H23NO4/c1-3-12(2)21-16(20)10-14(9-15(18)19)17-11-13-7-5-4-6-8-13/h4-8,12,14,17H,3,9-11H2,1-2H3,(H,18,19)/t12-,14?/m1/s1. The van der Waals surface area contributed by atoms with E-state index in [1.807, 2.05) is 44.2 Å². The minimum absolute atomic E-state index is 0.0590. The Balaban J connectivity index is 2.51. The lowest BCUT2D eigenvalue weighted by atomic mass is 10.1. The van der Waals surface area contributed by atoms with Crippen LogP contribution in [0.5, 0.6) is 0 Å². The Bertz CT molecular complexity index is 447. The summed E-state index contributed by atoms with van der Waals surface area (Å²) in [5.41, 5.74) is 1.04. The van der Waals surface area contributed by atoms with Crippen molar-refractivity contribution in [2.75, 3.05) is 0 Å². The number of carboxylic acids is 1. The molecule has 0 saturated heterocycles. The molecule has 0 spiro atoms. The molecule has 1 unspecified atom stereocenters. The van der Waals surface area contributed by atoms with E-state index in [-0.39, 0.29) is 24.9 Å². The summed E-state index contributed by atoms with van der Waals surface area (Å²) in [5.74, 6) is -1.30. The molecule has 0 fully saturated rings. The van der Waals surface area contributed by atoms with Crippen LogP contribution in [-0.4, -0.2) is 29.2 Å². The Hall–Kier alpha value is -1.88. The third kappa shape index (κ3) is 7.46. The lowest BCUT2D eigenvalue weighted by molar-refractivity contribution is -0.149. The second-order valence-corrected chi connectivity index (χ2v) is 5.07. The van der Waals surface area contributed by atoms with Gasteiger partial charge in [-0.3, -0.25) is 9.59 Å². The van der Waals surface area contributed by atoms with Gasteiger partial charge in [-0.2, -0.15) is 0 Å². The number of aliphatic carboxylic acids is 1. The van der Waals surface area contributed by atoms with Gasteiger partial charge in [0.05, 0.1) is 18.9 Å². The van der Waals surface area contributed by atoms with Crippen LogP contribution in [0.1, 0.15) is 38.7 Å². The molecule has 0 aliphatic carbocycles. The van der Waals surface area contributed by atoms with E-state index in [1.165, 1.54) is 0 Å². The summed E-state index contributed by atoms with van der Waals surface area (Å²) in [6.07, 6.45) is 0.552. The molecule has 0 bridgehead atoms. The van der Waals surface area contributed by atoms with Gasteiger partial charge < -0.3 is 15.2 Å². The molecule has 0 saturated carbocycles. The minimum Gasteiger partial charge on any atom is -0.481 e. The summed E-state index contributed by atoms with van der Waals surface area (Å²) in [5, 5.41) is 12.0. The number of nitrogens with one attached hydrogen (secondary N) is 1. The van der Waals surface area contributed by atoms with Crippen LogP contribution in [0.2, 0.25) is 0 Å². The van der Waals surface area contributed by atoms with Crippen molar-refractivity contribution >= 4 is 11.9 Å². The normalized spacial score (nSPS) is 13.4. The van der Waals surface area contributed by atoms with Crippen LogP contribution >= 0.6 is 0 Å². The first kappa shape index (κ1) is 17.2. The van der Waals surface area contributed by atoms with E-state index in [0.29, 0.717) is 6.54 Å². The van der Waals surface area contributed by atoms with Gasteiger partial charge in [0.25, 0.3) is 0 Å². The zero-order valence-electron chi connectivity index (χ0n) is 12.5. The molecule has 0 heterocycles. The highest BCUT2D eigenvalue weighted by atomic mass is 16.5. The number of carboxylic acid groups (broad SMARTS) is 1. The molecule has 0 aromatic heterocycles. The summed E-state index contributed by atoms with van der Waals surface area (Å²) >= 11 is 0. The topological polar surface area (TPSA) is 75.6 Å². The number of carbonyl (C=O) groups excluding carboxylic acids is 1. The SMILES string of the molecule is CC[C@@H](C)OC(=O)CC(CC(=O)O)NCc1ccccc1. The molecular weight excluding hydrogens is 270 g/mol. The minimum atomic E-state index is -0.933. The third-order valence-electron chi connectivity index (χ3n) is 3.18. The molecule has 2 N–H and O–H groups in total. The molecule has 116 valence electrons. The van der Waals surface area contributed by atoms with Crippen LogP contribution in [0.4, 0.5) is 0 Å². The van der Waals surface area contributed by atoms with Crippen molar-refractivity contribution in [2.24, 2.45) is 0 Å². The first-order chi connectivity index (χ1) is 10.0. The lowest BCUT2D eigenvalue weighted by Gasteiger charge is -2.18. The fraction of sp³-hybridized carbons (Fsp3) is 0.500. The van der Waals surface area contributed by atoms with Crippen LogP contribution in [0.3, 0.4) is 0 Å². The Morgan fingerprint density at radius 3 is 2.48 bits per heavy atom. The Morgan fingerprint density at radius 2 is 1.90 bits per heavy atom. The van der Waals surface area contributed by atoms with Gasteiger partial charge >= 0.3 is 11.9 Å². The maximum atomic E-state index is 11.8. The van der Waals surface area contributed by atoms with E-state index in [1.54, 1.807) is 0 Å². The van der Waals surface area contributed by atoms with Crippen LogP contribution in [0, 0.1) is 0 Å². The van der Waals surface area contributed by atoms with Crippen molar-refractivity contribution in [3.05, 3.63) is 35.9 Å². The zero-order valence-corrected chi connectivity index (χ0v) is 12.5. The van der Waals surface area contributed by atoms with Crippen LogP contribution < -0.4 is 5.32 Å². The smallest absolute Gasteiger partial charge is 0.307 e. The largest absolute Gasteiger partial charge is 0.481 e. The summed E-state index contributed by atoms with van der Waals surface area (Å²) in [4.78, 5) is 22.6. The highest BCUT2D eigenvalue weighted by Gasteiger charge is 2.19. The van der Waals surface area contributed by atoms with Crippen LogP contribution in [0.25, 0.3) is 0 Å². The van der Waals surface area contributed by atoms with E-state index < -0.39 is 12.0 Å². The van der Waals surface area contributed by atoms with E-state index in [2.05, 4.69) is 5.32 Å². The summed E-state index contributed by atoms with van der Waals surface area (Å²) in [6.45, 7) is 4.28. The molecule has 21 heavy (non-hydrogen) atoms. The summed E-state index contributed by atoms with van der Waals surface area (Å²) < 4.78 is 5.19. The van der Waals surface area contributed by atoms with Crippen molar-refractivity contribution in [3.8, 4) is 0 Å². The molecule has 1 aromatic rings. The number of hydrogen-bond donors (Lipinski definition) is 2. The third-order valence-corrected chi connectivity index (χ3v) is 3.18.